The van der Waals surface area contributed by atoms with Gasteiger partial charge in [0.05, 0.1) is 5.69 Å². The van der Waals surface area contributed by atoms with Gasteiger partial charge in [-0.2, -0.15) is 0 Å². The van der Waals surface area contributed by atoms with Crippen molar-refractivity contribution in [3.63, 3.8) is 0 Å². The van der Waals surface area contributed by atoms with E-state index in [9.17, 15) is 14.0 Å². The van der Waals surface area contributed by atoms with Crippen LogP contribution in [0.25, 0.3) is 10.6 Å². The molecular weight excluding hydrogens is 379 g/mol. The predicted octanol–water partition coefficient (Wildman–Crippen LogP) is 4.75. The molecule has 0 fully saturated rings. The minimum atomic E-state index is -0.969. The lowest BCUT2D eigenvalue weighted by Crippen LogP contribution is -2.30. The molecular formula is C21H19FN2O3S. The van der Waals surface area contributed by atoms with E-state index >= 15 is 0 Å². The summed E-state index contributed by atoms with van der Waals surface area (Å²) in [5, 5.41) is 3.31. The molecule has 0 aliphatic rings. The molecule has 1 atom stereocenters. The van der Waals surface area contributed by atoms with E-state index in [-0.39, 0.29) is 5.82 Å². The van der Waals surface area contributed by atoms with E-state index in [2.05, 4.69) is 10.3 Å². The number of aryl methyl sites for hydroxylation is 2. The van der Waals surface area contributed by atoms with Crippen molar-refractivity contribution >= 4 is 28.9 Å². The lowest BCUT2D eigenvalue weighted by Gasteiger charge is -2.13. The number of anilines is 1. The van der Waals surface area contributed by atoms with E-state index in [1.54, 1.807) is 25.1 Å². The number of hydrogen-bond donors (Lipinski definition) is 1. The summed E-state index contributed by atoms with van der Waals surface area (Å²) in [6, 6.07) is 13.2. The molecule has 5 nitrogen and oxygen atoms in total. The van der Waals surface area contributed by atoms with Crippen LogP contribution in [0.4, 0.5) is 10.1 Å². The lowest BCUT2D eigenvalue weighted by atomic mass is 10.2. The van der Waals surface area contributed by atoms with Crippen molar-refractivity contribution in [1.29, 1.82) is 0 Å². The summed E-state index contributed by atoms with van der Waals surface area (Å²) in [5.74, 6) is -1.37. The summed E-state index contributed by atoms with van der Waals surface area (Å²) < 4.78 is 18.4. The number of aromatic nitrogens is 1. The molecule has 0 radical (unpaired) electrons. The molecule has 7 heteroatoms. The van der Waals surface area contributed by atoms with Crippen molar-refractivity contribution in [1.82, 2.24) is 4.98 Å². The van der Waals surface area contributed by atoms with Gasteiger partial charge in [-0.15, -0.1) is 11.3 Å². The van der Waals surface area contributed by atoms with Gasteiger partial charge in [-0.25, -0.2) is 14.2 Å². The molecule has 0 saturated carbocycles. The third-order valence-electron chi connectivity index (χ3n) is 4.01. The molecule has 3 rings (SSSR count). The monoisotopic (exact) mass is 398 g/mol. The van der Waals surface area contributed by atoms with Gasteiger partial charge < -0.3 is 10.1 Å². The standard InChI is InChI=1S/C21H19FN2O3S/c1-12-5-4-6-17(11-12)24-19(25)14(3)27-21(26)18-13(2)23-20(28-18)15-7-9-16(22)10-8-15/h4-11,14H,1-3H3,(H,24,25)/t14-/m1/s1. The number of benzene rings is 2. The van der Waals surface area contributed by atoms with Crippen LogP contribution in [0.5, 0.6) is 0 Å². The van der Waals surface area contributed by atoms with Gasteiger partial charge in [0.15, 0.2) is 6.10 Å². The number of nitrogens with one attached hydrogen (secondary N) is 1. The van der Waals surface area contributed by atoms with E-state index in [1.165, 1.54) is 19.1 Å². The molecule has 28 heavy (non-hydrogen) atoms. The summed E-state index contributed by atoms with van der Waals surface area (Å²) in [7, 11) is 0. The Balaban J connectivity index is 1.68. The van der Waals surface area contributed by atoms with Gasteiger partial charge in [-0.1, -0.05) is 12.1 Å². The molecule has 2 aromatic carbocycles. The van der Waals surface area contributed by atoms with Crippen molar-refractivity contribution in [3.05, 3.63) is 70.5 Å². The summed E-state index contributed by atoms with van der Waals surface area (Å²) in [6.07, 6.45) is -0.969. The van der Waals surface area contributed by atoms with Crippen molar-refractivity contribution in [2.24, 2.45) is 0 Å². The van der Waals surface area contributed by atoms with Crippen LogP contribution in [0.1, 0.15) is 27.9 Å². The molecule has 0 spiro atoms. The van der Waals surface area contributed by atoms with Crippen LogP contribution in [-0.2, 0) is 9.53 Å². The van der Waals surface area contributed by atoms with Crippen molar-refractivity contribution in [2.45, 2.75) is 26.9 Å². The maximum absolute atomic E-state index is 13.1. The van der Waals surface area contributed by atoms with Gasteiger partial charge in [0.2, 0.25) is 0 Å². The molecule has 1 heterocycles. The van der Waals surface area contributed by atoms with E-state index < -0.39 is 18.0 Å². The second kappa shape index (κ2) is 8.31. The van der Waals surface area contributed by atoms with Gasteiger partial charge in [-0.3, -0.25) is 4.79 Å². The number of carbonyl (C=O) groups excluding carboxylic acids is 2. The largest absolute Gasteiger partial charge is 0.448 e. The van der Waals surface area contributed by atoms with Crippen molar-refractivity contribution < 1.29 is 18.7 Å². The van der Waals surface area contributed by atoms with E-state index in [4.69, 9.17) is 4.74 Å². The first-order chi connectivity index (χ1) is 13.3. The second-order valence-electron chi connectivity index (χ2n) is 6.35. The van der Waals surface area contributed by atoms with Gasteiger partial charge in [0.1, 0.15) is 15.7 Å². The number of hydrogen-bond acceptors (Lipinski definition) is 5. The molecule has 0 bridgehead atoms. The average Bonchev–Trinajstić information content (AvgIpc) is 3.04. The summed E-state index contributed by atoms with van der Waals surface area (Å²) in [4.78, 5) is 29.5. The number of esters is 1. The highest BCUT2D eigenvalue weighted by atomic mass is 32.1. The first-order valence-corrected chi connectivity index (χ1v) is 9.47. The van der Waals surface area contributed by atoms with Crippen LogP contribution in [-0.4, -0.2) is 23.0 Å². The molecule has 1 aromatic heterocycles. The van der Waals surface area contributed by atoms with Gasteiger partial charge in [-0.05, 0) is 62.7 Å². The van der Waals surface area contributed by atoms with Gasteiger partial charge in [0, 0.05) is 11.3 Å². The van der Waals surface area contributed by atoms with Crippen LogP contribution in [0, 0.1) is 19.7 Å². The molecule has 1 N–H and O–H groups in total. The number of nitrogens with zero attached hydrogens (tertiary/aromatic N) is 1. The Morgan fingerprint density at radius 1 is 1.14 bits per heavy atom. The predicted molar refractivity (Wildman–Crippen MR) is 107 cm³/mol. The number of halogens is 1. The molecule has 0 unspecified atom stereocenters. The summed E-state index contributed by atoms with van der Waals surface area (Å²) >= 11 is 1.15. The number of rotatable bonds is 5. The Labute approximate surface area is 166 Å². The number of amides is 1. The Hall–Kier alpha value is -3.06. The Bertz CT molecular complexity index is 1010. The summed E-state index contributed by atoms with van der Waals surface area (Å²) in [6.45, 7) is 5.13. The fourth-order valence-corrected chi connectivity index (χ4v) is 3.49. The fraction of sp³-hybridized carbons (Fsp3) is 0.190. The molecule has 3 aromatic rings. The van der Waals surface area contributed by atoms with Crippen molar-refractivity contribution in [2.75, 3.05) is 5.32 Å². The van der Waals surface area contributed by atoms with Crippen LogP contribution in [0.2, 0.25) is 0 Å². The molecule has 0 aliphatic carbocycles. The quantitative estimate of drug-likeness (QED) is 0.630. The van der Waals surface area contributed by atoms with Crippen molar-refractivity contribution in [3.8, 4) is 10.6 Å². The molecule has 0 aliphatic heterocycles. The number of thiazole rings is 1. The topological polar surface area (TPSA) is 68.3 Å². The average molecular weight is 398 g/mol. The SMILES string of the molecule is Cc1cccc(NC(=O)[C@@H](C)OC(=O)c2sc(-c3ccc(F)cc3)nc2C)c1. The van der Waals surface area contributed by atoms with E-state index in [0.29, 0.717) is 26.8 Å². The summed E-state index contributed by atoms with van der Waals surface area (Å²) in [5.41, 5.74) is 2.86. The Kier molecular flexibility index (Phi) is 5.84. The van der Waals surface area contributed by atoms with Crippen LogP contribution >= 0.6 is 11.3 Å². The van der Waals surface area contributed by atoms with Gasteiger partial charge >= 0.3 is 5.97 Å². The highest BCUT2D eigenvalue weighted by Gasteiger charge is 2.23. The Morgan fingerprint density at radius 3 is 2.54 bits per heavy atom. The minimum absolute atomic E-state index is 0.314. The van der Waals surface area contributed by atoms with Crippen LogP contribution in [0.3, 0.4) is 0 Å². The zero-order valence-corrected chi connectivity index (χ0v) is 16.5. The number of ether oxygens (including phenoxy) is 1. The fourth-order valence-electron chi connectivity index (χ4n) is 2.54. The van der Waals surface area contributed by atoms with Crippen LogP contribution < -0.4 is 5.32 Å². The number of carbonyl (C=O) groups is 2. The smallest absolute Gasteiger partial charge is 0.351 e. The molecule has 1 amide bonds. The molecule has 144 valence electrons. The van der Waals surface area contributed by atoms with E-state index in [1.807, 2.05) is 25.1 Å². The first-order valence-electron chi connectivity index (χ1n) is 8.65. The third-order valence-corrected chi connectivity index (χ3v) is 5.20. The molecule has 0 saturated heterocycles. The second-order valence-corrected chi connectivity index (χ2v) is 7.35. The zero-order valence-electron chi connectivity index (χ0n) is 15.7. The first kappa shape index (κ1) is 19.7. The highest BCUT2D eigenvalue weighted by molar-refractivity contribution is 7.17. The maximum atomic E-state index is 13.1. The lowest BCUT2D eigenvalue weighted by molar-refractivity contribution is -0.123. The van der Waals surface area contributed by atoms with E-state index in [0.717, 1.165) is 16.9 Å². The highest BCUT2D eigenvalue weighted by Crippen LogP contribution is 2.28. The minimum Gasteiger partial charge on any atom is -0.448 e. The zero-order chi connectivity index (χ0) is 20.3. The maximum Gasteiger partial charge on any atom is 0.351 e. The van der Waals surface area contributed by atoms with Crippen LogP contribution in [0.15, 0.2) is 48.5 Å². The third kappa shape index (κ3) is 4.61. The normalized spacial score (nSPS) is 11.7. The van der Waals surface area contributed by atoms with Gasteiger partial charge in [0.25, 0.3) is 5.91 Å². The Morgan fingerprint density at radius 2 is 1.86 bits per heavy atom.